The van der Waals surface area contributed by atoms with E-state index in [0.29, 0.717) is 24.6 Å². The maximum atomic E-state index is 12.5. The molecule has 1 heterocycles. The van der Waals surface area contributed by atoms with Crippen molar-refractivity contribution in [2.75, 3.05) is 54.1 Å². The van der Waals surface area contributed by atoms with Crippen LogP contribution in [0.3, 0.4) is 0 Å². The zero-order valence-electron chi connectivity index (χ0n) is 18.2. The van der Waals surface area contributed by atoms with Gasteiger partial charge in [0.25, 0.3) is 5.91 Å². The summed E-state index contributed by atoms with van der Waals surface area (Å²) in [4.78, 5) is 15.8. The number of quaternary nitrogens is 1. The first kappa shape index (κ1) is 21.8. The molecule has 3 rings (SSSR count). The normalized spacial score (nSPS) is 14.3. The molecule has 1 aliphatic rings. The number of amides is 1. The molecule has 162 valence electrons. The molecule has 0 spiro atoms. The Hall–Kier alpha value is -2.93. The highest BCUT2D eigenvalue weighted by atomic mass is 16.5. The second-order valence-electron chi connectivity index (χ2n) is 7.43. The number of methoxy groups -OCH3 is 3. The molecule has 0 bridgehead atoms. The van der Waals surface area contributed by atoms with E-state index in [0.717, 1.165) is 42.3 Å². The molecular weight excluding hydrogens is 384 g/mol. The monoisotopic (exact) mass is 415 g/mol. The van der Waals surface area contributed by atoms with E-state index in [1.807, 2.05) is 48.2 Å². The van der Waals surface area contributed by atoms with Crippen LogP contribution < -0.4 is 23.8 Å². The molecule has 7 nitrogen and oxygen atoms in total. The van der Waals surface area contributed by atoms with E-state index < -0.39 is 0 Å². The first-order chi connectivity index (χ1) is 14.5. The summed E-state index contributed by atoms with van der Waals surface area (Å²) >= 11 is 0. The highest BCUT2D eigenvalue weighted by Gasteiger charge is 2.25. The highest BCUT2D eigenvalue weighted by molar-refractivity contribution is 5.77. The number of nitrogens with one attached hydrogen (secondary N) is 1. The Morgan fingerprint density at radius 3 is 2.27 bits per heavy atom. The van der Waals surface area contributed by atoms with Gasteiger partial charge in [-0.25, -0.2) is 0 Å². The molecule has 30 heavy (non-hydrogen) atoms. The fourth-order valence-corrected chi connectivity index (χ4v) is 3.69. The van der Waals surface area contributed by atoms with E-state index in [1.165, 1.54) is 4.90 Å². The largest absolute Gasteiger partial charge is 0.496 e. The number of ether oxygens (including phenoxy) is 4. The number of hydrogen-bond acceptors (Lipinski definition) is 5. The maximum Gasteiger partial charge on any atom is 0.260 e. The van der Waals surface area contributed by atoms with Crippen molar-refractivity contribution < 1.29 is 28.6 Å². The number of hydrogen-bond donors (Lipinski definition) is 1. The third-order valence-electron chi connectivity index (χ3n) is 5.40. The van der Waals surface area contributed by atoms with Gasteiger partial charge >= 0.3 is 0 Å². The topological polar surface area (TPSA) is 61.7 Å². The molecule has 0 aromatic heterocycles. The molecule has 0 unspecified atom stereocenters. The minimum absolute atomic E-state index is 0.0271. The Morgan fingerprint density at radius 1 is 0.967 bits per heavy atom. The third-order valence-corrected chi connectivity index (χ3v) is 5.40. The molecule has 7 heteroatoms. The van der Waals surface area contributed by atoms with E-state index in [9.17, 15) is 4.79 Å². The second-order valence-corrected chi connectivity index (χ2v) is 7.43. The summed E-state index contributed by atoms with van der Waals surface area (Å²) in [6.45, 7) is 6.03. The molecule has 1 saturated heterocycles. The molecule has 1 fully saturated rings. The molecule has 0 atom stereocenters. The van der Waals surface area contributed by atoms with Gasteiger partial charge in [-0.3, -0.25) is 4.79 Å². The second kappa shape index (κ2) is 10.2. The fourth-order valence-electron chi connectivity index (χ4n) is 3.69. The van der Waals surface area contributed by atoms with Gasteiger partial charge in [-0.15, -0.1) is 0 Å². The van der Waals surface area contributed by atoms with Gasteiger partial charge in [0, 0.05) is 6.07 Å². The average molecular weight is 416 g/mol. The van der Waals surface area contributed by atoms with Crippen molar-refractivity contribution in [1.82, 2.24) is 4.90 Å². The van der Waals surface area contributed by atoms with Crippen molar-refractivity contribution in [1.29, 1.82) is 0 Å². The van der Waals surface area contributed by atoms with Gasteiger partial charge in [-0.05, 0) is 30.7 Å². The summed E-state index contributed by atoms with van der Waals surface area (Å²) in [6.07, 6.45) is 0. The smallest absolute Gasteiger partial charge is 0.260 e. The van der Waals surface area contributed by atoms with Gasteiger partial charge < -0.3 is 28.7 Å². The van der Waals surface area contributed by atoms with Gasteiger partial charge in [-0.2, -0.15) is 0 Å². The van der Waals surface area contributed by atoms with Gasteiger partial charge in [0.2, 0.25) is 0 Å². The average Bonchev–Trinajstić information content (AvgIpc) is 2.77. The zero-order chi connectivity index (χ0) is 21.5. The summed E-state index contributed by atoms with van der Waals surface area (Å²) in [7, 11) is 4.90. The van der Waals surface area contributed by atoms with E-state index in [1.54, 1.807) is 21.3 Å². The Bertz CT molecular complexity index is 863. The molecule has 0 saturated carbocycles. The number of carbonyl (C=O) groups is 1. The number of nitrogens with zero attached hydrogens (tertiary/aromatic N) is 1. The Balaban J connectivity index is 1.53. The Labute approximate surface area is 178 Å². The fraction of sp³-hybridized carbons (Fsp3) is 0.435. The van der Waals surface area contributed by atoms with Crippen molar-refractivity contribution in [2.45, 2.75) is 13.5 Å². The lowest BCUT2D eigenvalue weighted by atomic mass is 10.1. The molecule has 0 radical (unpaired) electrons. The minimum atomic E-state index is 0.0271. The van der Waals surface area contributed by atoms with Gasteiger partial charge in [0.15, 0.2) is 18.1 Å². The summed E-state index contributed by atoms with van der Waals surface area (Å²) in [6, 6.07) is 11.6. The standard InChI is InChI=1S/C23H30N2O5/c1-17-6-5-7-19(12-17)30-16-23(26)25-10-8-24(9-11-25)15-18-13-21(28-3)22(29-4)14-20(18)27-2/h5-7,12-14H,8-11,15-16H2,1-4H3/p+1. The maximum absolute atomic E-state index is 12.5. The van der Waals surface area contributed by atoms with Crippen LogP contribution in [0.15, 0.2) is 36.4 Å². The van der Waals surface area contributed by atoms with Crippen LogP contribution in [0.25, 0.3) is 0 Å². The van der Waals surface area contributed by atoms with Crippen molar-refractivity contribution in [3.63, 3.8) is 0 Å². The number of rotatable bonds is 8. The first-order valence-corrected chi connectivity index (χ1v) is 10.1. The number of benzene rings is 2. The van der Waals surface area contributed by atoms with Crippen LogP contribution in [0.2, 0.25) is 0 Å². The van der Waals surface area contributed by atoms with Crippen LogP contribution >= 0.6 is 0 Å². The van der Waals surface area contributed by atoms with Crippen molar-refractivity contribution >= 4 is 5.91 Å². The van der Waals surface area contributed by atoms with Crippen LogP contribution in [-0.4, -0.2) is 64.9 Å². The molecule has 1 N–H and O–H groups in total. The van der Waals surface area contributed by atoms with E-state index in [-0.39, 0.29) is 12.5 Å². The molecule has 0 aliphatic carbocycles. The Kier molecular flexibility index (Phi) is 7.41. The third kappa shape index (κ3) is 5.36. The van der Waals surface area contributed by atoms with E-state index in [2.05, 4.69) is 0 Å². The van der Waals surface area contributed by atoms with Crippen molar-refractivity contribution in [3.05, 3.63) is 47.5 Å². The first-order valence-electron chi connectivity index (χ1n) is 10.1. The number of aryl methyl sites for hydroxylation is 1. The molecule has 1 amide bonds. The number of piperazine rings is 1. The molecule has 1 aliphatic heterocycles. The van der Waals surface area contributed by atoms with Gasteiger partial charge in [-0.1, -0.05) is 12.1 Å². The Morgan fingerprint density at radius 2 is 1.63 bits per heavy atom. The quantitative estimate of drug-likeness (QED) is 0.705. The highest BCUT2D eigenvalue weighted by Crippen LogP contribution is 2.34. The van der Waals surface area contributed by atoms with Crippen LogP contribution in [-0.2, 0) is 11.3 Å². The lowest BCUT2D eigenvalue weighted by Crippen LogP contribution is -3.13. The van der Waals surface area contributed by atoms with Gasteiger partial charge in [0.05, 0.1) is 53.1 Å². The van der Waals surface area contributed by atoms with Crippen LogP contribution in [0, 0.1) is 6.92 Å². The van der Waals surface area contributed by atoms with Crippen LogP contribution in [0.4, 0.5) is 0 Å². The van der Waals surface area contributed by atoms with E-state index in [4.69, 9.17) is 18.9 Å². The zero-order valence-corrected chi connectivity index (χ0v) is 18.2. The predicted molar refractivity (Wildman–Crippen MR) is 114 cm³/mol. The lowest BCUT2D eigenvalue weighted by molar-refractivity contribution is -0.917. The predicted octanol–water partition coefficient (Wildman–Crippen LogP) is 1.33. The molecule has 2 aromatic carbocycles. The summed E-state index contributed by atoms with van der Waals surface area (Å²) in [5.74, 6) is 2.88. The molecule has 2 aromatic rings. The van der Waals surface area contributed by atoms with Crippen LogP contribution in [0.5, 0.6) is 23.0 Å². The van der Waals surface area contributed by atoms with E-state index >= 15 is 0 Å². The minimum Gasteiger partial charge on any atom is -0.496 e. The SMILES string of the molecule is COc1cc(OC)c(OC)cc1C[NH+]1CCN(C(=O)COc2cccc(C)c2)CC1. The summed E-state index contributed by atoms with van der Waals surface area (Å²) in [5, 5.41) is 0. The van der Waals surface area contributed by atoms with Crippen LogP contribution in [0.1, 0.15) is 11.1 Å². The van der Waals surface area contributed by atoms with Crippen molar-refractivity contribution in [3.8, 4) is 23.0 Å². The lowest BCUT2D eigenvalue weighted by Gasteiger charge is -2.32. The summed E-state index contributed by atoms with van der Waals surface area (Å²) < 4.78 is 22.0. The number of carbonyl (C=O) groups excluding carboxylic acids is 1. The van der Waals surface area contributed by atoms with Gasteiger partial charge in [0.1, 0.15) is 18.0 Å². The molecular formula is C23H31N2O5+. The summed E-state index contributed by atoms with van der Waals surface area (Å²) in [5.41, 5.74) is 2.18. The van der Waals surface area contributed by atoms with Crippen molar-refractivity contribution in [2.24, 2.45) is 0 Å².